The minimum Gasteiger partial charge on any atom is -0.504 e. The number of fused-ring (bicyclic) bond motifs is 2. The average molecular weight is 285 g/mol. The topological polar surface area (TPSA) is 93.0 Å². The van der Waals surface area contributed by atoms with E-state index in [9.17, 15) is 20.4 Å². The molecule has 108 valence electrons. The lowest BCUT2D eigenvalue weighted by atomic mass is 9.77. The summed E-state index contributed by atoms with van der Waals surface area (Å²) in [5, 5.41) is 43.1. The highest BCUT2D eigenvalue weighted by molar-refractivity contribution is 5.84. The van der Waals surface area contributed by atoms with Crippen LogP contribution in [0.15, 0.2) is 18.2 Å². The Labute approximate surface area is 121 Å². The number of phenolic OH excluding ortho intramolecular Hbond substituents is 4. The number of rotatable bonds is 0. The summed E-state index contributed by atoms with van der Waals surface area (Å²) < 4.78 is 0. The zero-order chi connectivity index (χ0) is 14.7. The zero-order valence-electron chi connectivity index (χ0n) is 11.2. The van der Waals surface area contributed by atoms with Crippen LogP contribution in [0.4, 0.5) is 0 Å². The first-order valence-electron chi connectivity index (χ1n) is 6.92. The molecule has 0 saturated carbocycles. The van der Waals surface area contributed by atoms with Crippen molar-refractivity contribution in [3.8, 4) is 34.1 Å². The largest absolute Gasteiger partial charge is 0.504 e. The fourth-order valence-corrected chi connectivity index (χ4v) is 3.50. The third kappa shape index (κ3) is 1.61. The van der Waals surface area contributed by atoms with Gasteiger partial charge in [-0.1, -0.05) is 0 Å². The van der Waals surface area contributed by atoms with Gasteiger partial charge in [-0.2, -0.15) is 0 Å². The number of aromatic hydroxyl groups is 4. The average Bonchev–Trinajstić information content (AvgIpc) is 2.45. The first-order valence-corrected chi connectivity index (χ1v) is 6.92. The second-order valence-electron chi connectivity index (χ2n) is 5.65. The molecular formula is C16H15NO4. The second kappa shape index (κ2) is 4.05. The van der Waals surface area contributed by atoms with Crippen molar-refractivity contribution >= 4 is 0 Å². The summed E-state index contributed by atoms with van der Waals surface area (Å²) in [5.74, 6) is -0.723. The Hall–Kier alpha value is -2.40. The van der Waals surface area contributed by atoms with Gasteiger partial charge in [-0.15, -0.1) is 0 Å². The van der Waals surface area contributed by atoms with Crippen molar-refractivity contribution in [2.45, 2.75) is 18.9 Å². The molecule has 2 aromatic rings. The van der Waals surface area contributed by atoms with Gasteiger partial charge in [0.05, 0.1) is 0 Å². The highest BCUT2D eigenvalue weighted by Crippen LogP contribution is 2.51. The van der Waals surface area contributed by atoms with Gasteiger partial charge >= 0.3 is 0 Å². The Kier molecular flexibility index (Phi) is 2.38. The van der Waals surface area contributed by atoms with Gasteiger partial charge in [-0.25, -0.2) is 0 Å². The smallest absolute Gasteiger partial charge is 0.165 e. The number of hydrogen-bond acceptors (Lipinski definition) is 5. The molecule has 1 heterocycles. The molecule has 21 heavy (non-hydrogen) atoms. The summed E-state index contributed by atoms with van der Waals surface area (Å²) in [7, 11) is 0. The van der Waals surface area contributed by atoms with Crippen molar-refractivity contribution in [2.24, 2.45) is 0 Å². The molecule has 5 nitrogen and oxygen atoms in total. The molecule has 5 N–H and O–H groups in total. The van der Waals surface area contributed by atoms with Crippen LogP contribution in [0.1, 0.15) is 22.7 Å². The molecule has 1 atom stereocenters. The molecule has 0 spiro atoms. The predicted molar refractivity (Wildman–Crippen MR) is 76.7 cm³/mol. The molecule has 0 bridgehead atoms. The third-order valence-corrected chi connectivity index (χ3v) is 4.43. The Morgan fingerprint density at radius 2 is 1.62 bits per heavy atom. The van der Waals surface area contributed by atoms with E-state index in [0.29, 0.717) is 17.5 Å². The van der Waals surface area contributed by atoms with Gasteiger partial charge in [-0.3, -0.25) is 0 Å². The van der Waals surface area contributed by atoms with Gasteiger partial charge in [0.2, 0.25) is 0 Å². The number of hydrogen-bond donors (Lipinski definition) is 5. The standard InChI is InChI=1S/C16H15NO4/c18-11-5-8-3-10-14-7(1-2-17-10)4-13(20)16(21)15(14)9(8)6-12(11)19/h4-6,10,17-21H,1-3H2. The van der Waals surface area contributed by atoms with Crippen LogP contribution >= 0.6 is 0 Å². The van der Waals surface area contributed by atoms with E-state index in [1.165, 1.54) is 12.1 Å². The van der Waals surface area contributed by atoms with Gasteiger partial charge < -0.3 is 25.7 Å². The molecule has 0 saturated heterocycles. The van der Waals surface area contributed by atoms with E-state index in [4.69, 9.17) is 0 Å². The van der Waals surface area contributed by atoms with Crippen LogP contribution < -0.4 is 5.32 Å². The maximum Gasteiger partial charge on any atom is 0.165 e. The number of nitrogens with one attached hydrogen (secondary N) is 1. The van der Waals surface area contributed by atoms with Crippen molar-refractivity contribution in [1.82, 2.24) is 5.32 Å². The van der Waals surface area contributed by atoms with Crippen LogP contribution in [0, 0.1) is 0 Å². The Morgan fingerprint density at radius 1 is 0.905 bits per heavy atom. The number of phenols is 4. The second-order valence-corrected chi connectivity index (χ2v) is 5.65. The first kappa shape index (κ1) is 12.3. The molecule has 0 radical (unpaired) electrons. The van der Waals surface area contributed by atoms with Crippen molar-refractivity contribution in [2.75, 3.05) is 6.54 Å². The van der Waals surface area contributed by atoms with Crippen molar-refractivity contribution in [3.05, 3.63) is 34.9 Å². The lowest BCUT2D eigenvalue weighted by molar-refractivity contribution is 0.396. The summed E-state index contributed by atoms with van der Waals surface area (Å²) in [4.78, 5) is 0. The maximum absolute atomic E-state index is 10.3. The minimum atomic E-state index is -0.229. The van der Waals surface area contributed by atoms with Crippen molar-refractivity contribution in [1.29, 1.82) is 0 Å². The highest BCUT2D eigenvalue weighted by atomic mass is 16.3. The quantitative estimate of drug-likeness (QED) is 0.477. The fraction of sp³-hybridized carbons (Fsp3) is 0.250. The molecule has 5 heteroatoms. The van der Waals surface area contributed by atoms with E-state index in [-0.39, 0.29) is 29.0 Å². The van der Waals surface area contributed by atoms with Crippen LogP contribution in [0.2, 0.25) is 0 Å². The highest BCUT2D eigenvalue weighted by Gasteiger charge is 2.33. The molecule has 0 fully saturated rings. The van der Waals surface area contributed by atoms with E-state index >= 15 is 0 Å². The van der Waals surface area contributed by atoms with Crippen LogP contribution in [0.3, 0.4) is 0 Å². The molecule has 0 aromatic heterocycles. The van der Waals surface area contributed by atoms with Crippen LogP contribution in [-0.4, -0.2) is 27.0 Å². The third-order valence-electron chi connectivity index (χ3n) is 4.43. The Morgan fingerprint density at radius 3 is 2.43 bits per heavy atom. The van der Waals surface area contributed by atoms with E-state index in [1.54, 1.807) is 6.07 Å². The van der Waals surface area contributed by atoms with Gasteiger partial charge in [-0.05, 0) is 59.8 Å². The van der Waals surface area contributed by atoms with Gasteiger partial charge in [0, 0.05) is 11.6 Å². The maximum atomic E-state index is 10.3. The molecule has 1 aliphatic heterocycles. The monoisotopic (exact) mass is 285 g/mol. The summed E-state index contributed by atoms with van der Waals surface area (Å²) in [6.45, 7) is 0.806. The van der Waals surface area contributed by atoms with Crippen LogP contribution in [0.5, 0.6) is 23.0 Å². The van der Waals surface area contributed by atoms with Gasteiger partial charge in [0.1, 0.15) is 0 Å². The normalized spacial score (nSPS) is 19.0. The molecule has 0 amide bonds. The molecule has 2 aromatic carbocycles. The summed E-state index contributed by atoms with van der Waals surface area (Å²) >= 11 is 0. The summed E-state index contributed by atoms with van der Waals surface area (Å²) in [6.07, 6.45) is 1.46. The molecule has 4 rings (SSSR count). The van der Waals surface area contributed by atoms with Crippen LogP contribution in [0.25, 0.3) is 11.1 Å². The van der Waals surface area contributed by atoms with Crippen molar-refractivity contribution in [3.63, 3.8) is 0 Å². The van der Waals surface area contributed by atoms with E-state index < -0.39 is 0 Å². The fourth-order valence-electron chi connectivity index (χ4n) is 3.50. The van der Waals surface area contributed by atoms with Gasteiger partial charge in [0.15, 0.2) is 23.0 Å². The lowest BCUT2D eigenvalue weighted by Gasteiger charge is -2.35. The molecular weight excluding hydrogens is 270 g/mol. The molecule has 1 aliphatic carbocycles. The van der Waals surface area contributed by atoms with E-state index in [1.807, 2.05) is 0 Å². The van der Waals surface area contributed by atoms with Gasteiger partial charge in [0.25, 0.3) is 0 Å². The SMILES string of the molecule is Oc1cc2c(cc1O)-c1c(O)c(O)cc3c1C(C2)NCC3. The molecule has 2 aliphatic rings. The minimum absolute atomic E-state index is 0.0479. The first-order chi connectivity index (χ1) is 10.1. The predicted octanol–water partition coefficient (Wildman–Crippen LogP) is 1.92. The zero-order valence-corrected chi connectivity index (χ0v) is 11.2. The number of benzene rings is 2. The lowest BCUT2D eigenvalue weighted by Crippen LogP contribution is -2.33. The Bertz CT molecular complexity index is 770. The van der Waals surface area contributed by atoms with E-state index in [2.05, 4.69) is 5.32 Å². The molecule has 1 unspecified atom stereocenters. The van der Waals surface area contributed by atoms with Crippen molar-refractivity contribution < 1.29 is 20.4 Å². The van der Waals surface area contributed by atoms with Crippen LogP contribution in [-0.2, 0) is 12.8 Å². The Balaban J connectivity index is 2.09. The summed E-state index contributed by atoms with van der Waals surface area (Å²) in [5.41, 5.74) is 4.05. The van der Waals surface area contributed by atoms with E-state index in [0.717, 1.165) is 29.7 Å². The summed E-state index contributed by atoms with van der Waals surface area (Å²) in [6, 6.07) is 4.64.